The van der Waals surface area contributed by atoms with Gasteiger partial charge < -0.3 is 14.8 Å². The van der Waals surface area contributed by atoms with Crippen molar-refractivity contribution in [2.45, 2.75) is 32.7 Å². The molecular weight excluding hydrogens is 328 g/mol. The maximum atomic E-state index is 9.34. The van der Waals surface area contributed by atoms with Gasteiger partial charge >= 0.3 is 0 Å². The predicted octanol–water partition coefficient (Wildman–Crippen LogP) is 2.23. The van der Waals surface area contributed by atoms with Crippen molar-refractivity contribution in [3.05, 3.63) is 18.6 Å². The zero-order chi connectivity index (χ0) is 18.7. The minimum absolute atomic E-state index is 0.208. The Morgan fingerprint density at radius 3 is 3.04 bits per heavy atom. The minimum Gasteiger partial charge on any atom is -0.354 e. The number of guanidine groups is 1. The molecule has 2 aromatic rings. The van der Waals surface area contributed by atoms with Gasteiger partial charge in [0.15, 0.2) is 6.19 Å². The second-order valence-corrected chi connectivity index (χ2v) is 6.90. The second kappa shape index (κ2) is 7.60. The molecule has 0 amide bonds. The first kappa shape index (κ1) is 18.0. The number of nitriles is 1. The van der Waals surface area contributed by atoms with Crippen LogP contribution >= 0.6 is 0 Å². The van der Waals surface area contributed by atoms with Crippen molar-refractivity contribution in [2.24, 2.45) is 5.92 Å². The molecule has 3 rings (SSSR count). The Labute approximate surface area is 153 Å². The molecule has 3 heterocycles. The molecule has 0 spiro atoms. The van der Waals surface area contributed by atoms with Gasteiger partial charge in [-0.2, -0.15) is 5.26 Å². The van der Waals surface area contributed by atoms with Crippen LogP contribution in [0, 0.1) is 22.8 Å². The van der Waals surface area contributed by atoms with Gasteiger partial charge in [0, 0.05) is 32.9 Å². The smallest absolute Gasteiger partial charge is 0.207 e. The lowest BCUT2D eigenvalue weighted by Crippen LogP contribution is -2.55. The van der Waals surface area contributed by atoms with E-state index in [2.05, 4.69) is 40.0 Å². The van der Waals surface area contributed by atoms with Crippen LogP contribution in [0.5, 0.6) is 0 Å². The fourth-order valence-corrected chi connectivity index (χ4v) is 3.64. The van der Waals surface area contributed by atoms with Gasteiger partial charge in [0.2, 0.25) is 5.96 Å². The normalized spacial score (nSPS) is 20.0. The minimum atomic E-state index is 0.208. The van der Waals surface area contributed by atoms with Crippen molar-refractivity contribution in [2.75, 3.05) is 31.6 Å². The molecule has 2 unspecified atom stereocenters. The average Bonchev–Trinajstić information content (AvgIpc) is 3.14. The van der Waals surface area contributed by atoms with Crippen LogP contribution in [-0.2, 0) is 0 Å². The van der Waals surface area contributed by atoms with Crippen molar-refractivity contribution in [1.29, 1.82) is 10.7 Å². The molecule has 1 aliphatic rings. The number of H-pyrrole nitrogens is 1. The Kier molecular flexibility index (Phi) is 5.26. The van der Waals surface area contributed by atoms with Crippen LogP contribution < -0.4 is 4.90 Å². The molecule has 138 valence electrons. The van der Waals surface area contributed by atoms with E-state index >= 15 is 0 Å². The van der Waals surface area contributed by atoms with Crippen molar-refractivity contribution in [1.82, 2.24) is 24.8 Å². The average molecular weight is 354 g/mol. The topological polar surface area (TPSA) is 98.9 Å². The number of fused-ring (bicyclic) bond motifs is 1. The summed E-state index contributed by atoms with van der Waals surface area (Å²) >= 11 is 0. The van der Waals surface area contributed by atoms with Gasteiger partial charge in [0.1, 0.15) is 17.8 Å². The third kappa shape index (κ3) is 3.29. The summed E-state index contributed by atoms with van der Waals surface area (Å²) in [5.74, 6) is 1.66. The lowest BCUT2D eigenvalue weighted by atomic mass is 9.92. The van der Waals surface area contributed by atoms with Gasteiger partial charge in [-0.1, -0.05) is 13.8 Å². The number of likely N-dealkylation sites (N-methyl/N-ethyl adjacent to an activating group) is 1. The molecule has 0 saturated carbocycles. The first-order valence-electron chi connectivity index (χ1n) is 9.08. The number of likely N-dealkylation sites (tertiary alicyclic amines) is 1. The van der Waals surface area contributed by atoms with Gasteiger partial charge in [-0.3, -0.25) is 5.41 Å². The van der Waals surface area contributed by atoms with E-state index in [1.54, 1.807) is 6.33 Å². The van der Waals surface area contributed by atoms with Crippen LogP contribution in [0.1, 0.15) is 26.7 Å². The van der Waals surface area contributed by atoms with Crippen molar-refractivity contribution in [3.63, 3.8) is 0 Å². The molecule has 1 aliphatic heterocycles. The molecule has 0 radical (unpaired) electrons. The summed E-state index contributed by atoms with van der Waals surface area (Å²) in [6.07, 6.45) is 7.41. The Bertz CT molecular complexity index is 807. The highest BCUT2D eigenvalue weighted by Gasteiger charge is 2.33. The lowest BCUT2D eigenvalue weighted by molar-refractivity contribution is 0.222. The number of piperidine rings is 1. The van der Waals surface area contributed by atoms with E-state index in [9.17, 15) is 5.26 Å². The summed E-state index contributed by atoms with van der Waals surface area (Å²) < 4.78 is 0. The number of anilines is 1. The van der Waals surface area contributed by atoms with E-state index in [-0.39, 0.29) is 6.04 Å². The van der Waals surface area contributed by atoms with E-state index in [0.717, 1.165) is 36.2 Å². The zero-order valence-corrected chi connectivity index (χ0v) is 15.6. The molecule has 2 aromatic heterocycles. The van der Waals surface area contributed by atoms with E-state index in [4.69, 9.17) is 5.41 Å². The number of aromatic nitrogens is 3. The first-order chi connectivity index (χ1) is 12.6. The third-order valence-electron chi connectivity index (χ3n) is 5.21. The number of hydrogen-bond donors (Lipinski definition) is 2. The van der Waals surface area contributed by atoms with Crippen LogP contribution in [-0.4, -0.2) is 63.4 Å². The van der Waals surface area contributed by atoms with E-state index in [1.807, 2.05) is 24.1 Å². The SMILES string of the molecule is CCCN(C#N)C(=N)N1CCC(C)C(N(C)c2ncnc3[nH]ccc23)C1. The van der Waals surface area contributed by atoms with Crippen molar-refractivity contribution in [3.8, 4) is 6.19 Å². The molecule has 26 heavy (non-hydrogen) atoms. The summed E-state index contributed by atoms with van der Waals surface area (Å²) in [5.41, 5.74) is 0.827. The highest BCUT2D eigenvalue weighted by atomic mass is 15.4. The highest BCUT2D eigenvalue weighted by Crippen LogP contribution is 2.28. The van der Waals surface area contributed by atoms with Crippen LogP contribution in [0.3, 0.4) is 0 Å². The van der Waals surface area contributed by atoms with Crippen molar-refractivity contribution >= 4 is 22.8 Å². The molecule has 1 fully saturated rings. The summed E-state index contributed by atoms with van der Waals surface area (Å²) in [5, 5.41) is 18.8. The Morgan fingerprint density at radius 2 is 2.31 bits per heavy atom. The molecule has 0 aliphatic carbocycles. The highest BCUT2D eigenvalue weighted by molar-refractivity contribution is 5.87. The van der Waals surface area contributed by atoms with Gasteiger partial charge in [0.05, 0.1) is 11.4 Å². The number of nitrogens with zero attached hydrogens (tertiary/aromatic N) is 6. The maximum absolute atomic E-state index is 9.34. The van der Waals surface area contributed by atoms with E-state index < -0.39 is 0 Å². The van der Waals surface area contributed by atoms with Crippen LogP contribution in [0.25, 0.3) is 11.0 Å². The first-order valence-corrected chi connectivity index (χ1v) is 9.08. The number of nitrogens with one attached hydrogen (secondary N) is 2. The number of aromatic amines is 1. The fraction of sp³-hybridized carbons (Fsp3) is 0.556. The van der Waals surface area contributed by atoms with E-state index in [1.165, 1.54) is 4.90 Å². The Hall–Kier alpha value is -2.82. The Balaban J connectivity index is 1.81. The predicted molar refractivity (Wildman–Crippen MR) is 102 cm³/mol. The van der Waals surface area contributed by atoms with Gasteiger partial charge in [0.25, 0.3) is 0 Å². The zero-order valence-electron chi connectivity index (χ0n) is 15.6. The van der Waals surface area contributed by atoms with Crippen LogP contribution in [0.15, 0.2) is 18.6 Å². The Morgan fingerprint density at radius 1 is 1.50 bits per heavy atom. The number of hydrogen-bond acceptors (Lipinski definition) is 5. The molecule has 0 aromatic carbocycles. The van der Waals surface area contributed by atoms with E-state index in [0.29, 0.717) is 25.0 Å². The number of rotatable bonds is 4. The summed E-state index contributed by atoms with van der Waals surface area (Å²) in [6.45, 7) is 6.34. The second-order valence-electron chi connectivity index (χ2n) is 6.90. The van der Waals surface area contributed by atoms with Crippen LogP contribution in [0.2, 0.25) is 0 Å². The van der Waals surface area contributed by atoms with Gasteiger partial charge in [-0.05, 0) is 24.8 Å². The molecule has 2 atom stereocenters. The molecular formula is C18H26N8. The fourth-order valence-electron chi connectivity index (χ4n) is 3.64. The van der Waals surface area contributed by atoms with Crippen molar-refractivity contribution < 1.29 is 0 Å². The summed E-state index contributed by atoms with van der Waals surface area (Å²) in [6, 6.07) is 2.20. The largest absolute Gasteiger partial charge is 0.354 e. The van der Waals surface area contributed by atoms with Crippen LogP contribution in [0.4, 0.5) is 5.82 Å². The molecule has 0 bridgehead atoms. The standard InChI is InChI=1S/C18H26N8/c1-4-8-26(11-19)18(20)25-9-6-13(2)15(10-25)24(3)17-14-5-7-21-16(14)22-12-23-17/h5,7,12-13,15,20H,4,6,8-10H2,1-3H3,(H,21,22,23). The molecule has 1 saturated heterocycles. The quantitative estimate of drug-likeness (QED) is 0.378. The monoisotopic (exact) mass is 354 g/mol. The third-order valence-corrected chi connectivity index (χ3v) is 5.21. The molecule has 8 heteroatoms. The lowest BCUT2D eigenvalue weighted by Gasteiger charge is -2.43. The molecule has 8 nitrogen and oxygen atoms in total. The van der Waals surface area contributed by atoms with Gasteiger partial charge in [-0.25, -0.2) is 14.9 Å². The van der Waals surface area contributed by atoms with Gasteiger partial charge in [-0.15, -0.1) is 0 Å². The summed E-state index contributed by atoms with van der Waals surface area (Å²) in [7, 11) is 2.05. The maximum Gasteiger partial charge on any atom is 0.207 e. The summed E-state index contributed by atoms with van der Waals surface area (Å²) in [4.78, 5) is 17.6. The molecule has 2 N–H and O–H groups in total.